The van der Waals surface area contributed by atoms with Crippen molar-refractivity contribution in [2.45, 2.75) is 46.6 Å². The Morgan fingerprint density at radius 1 is 0.562 bits per heavy atom. The Morgan fingerprint density at radius 3 is 1.52 bits per heavy atom. The fourth-order valence-corrected chi connectivity index (χ4v) is 4.26. The summed E-state index contributed by atoms with van der Waals surface area (Å²) in [6, 6.07) is 45.2. The van der Waals surface area contributed by atoms with E-state index in [1.807, 2.05) is 97.1 Å². The first-order chi connectivity index (χ1) is 23.2. The standard InChI is InChI=1S/2C15H16NO.C12H10N.Ir/c1-2-11-17-12-13-6-8-14(9-7-13)15-5-3-4-10-16-15;1-2-3-12-17-14-9-7-13(8-10-14)15-6-4-5-11-16-15;1-10-5-7-11(8-6-10)12-4-2-3-9-13-12;/h3-8,10H,2,11-12H2,1H3;4-7,9-11H,2-3,12H2,1H3;2-7,9H,1H3;/q3*-1;+3. The van der Waals surface area contributed by atoms with Gasteiger partial charge in [0.1, 0.15) is 0 Å². The second kappa shape index (κ2) is 22.2. The number of aromatic nitrogens is 3. The average Bonchev–Trinajstić information content (AvgIpc) is 3.14. The summed E-state index contributed by atoms with van der Waals surface area (Å²) in [5, 5.41) is 0. The molecule has 0 atom stereocenters. The third-order valence-corrected chi connectivity index (χ3v) is 6.84. The fourth-order valence-electron chi connectivity index (χ4n) is 4.26. The second-order valence-electron chi connectivity index (χ2n) is 10.7. The summed E-state index contributed by atoms with van der Waals surface area (Å²) in [5.41, 5.74) is 8.30. The second-order valence-corrected chi connectivity index (χ2v) is 10.7. The minimum Gasteiger partial charge on any atom is -0.537 e. The first-order valence-electron chi connectivity index (χ1n) is 16.1. The van der Waals surface area contributed by atoms with Crippen molar-refractivity contribution >= 4 is 0 Å². The predicted octanol–water partition coefficient (Wildman–Crippen LogP) is 10.1. The van der Waals surface area contributed by atoms with Gasteiger partial charge in [-0.05, 0) is 48.1 Å². The molecule has 0 unspecified atom stereocenters. The van der Waals surface area contributed by atoms with Gasteiger partial charge >= 0.3 is 20.1 Å². The Morgan fingerprint density at radius 2 is 1.10 bits per heavy atom. The van der Waals surface area contributed by atoms with E-state index in [9.17, 15) is 0 Å². The van der Waals surface area contributed by atoms with Crippen LogP contribution >= 0.6 is 0 Å². The van der Waals surface area contributed by atoms with Crippen molar-refractivity contribution in [3.05, 3.63) is 157 Å². The van der Waals surface area contributed by atoms with E-state index in [0.717, 1.165) is 77.6 Å². The molecule has 6 heteroatoms. The van der Waals surface area contributed by atoms with Crippen LogP contribution in [0.1, 0.15) is 44.2 Å². The zero-order chi connectivity index (χ0) is 32.9. The number of unbranched alkanes of at least 4 members (excludes halogenated alkanes) is 1. The Labute approximate surface area is 299 Å². The van der Waals surface area contributed by atoms with Gasteiger partial charge in [-0.1, -0.05) is 63.6 Å². The van der Waals surface area contributed by atoms with Gasteiger partial charge in [-0.15, -0.1) is 101 Å². The first kappa shape index (κ1) is 38.0. The van der Waals surface area contributed by atoms with Crippen LogP contribution in [0.4, 0.5) is 0 Å². The molecule has 48 heavy (non-hydrogen) atoms. The van der Waals surface area contributed by atoms with E-state index in [4.69, 9.17) is 9.47 Å². The number of hydrogen-bond donors (Lipinski definition) is 0. The summed E-state index contributed by atoms with van der Waals surface area (Å²) in [6.45, 7) is 8.55. The normalized spacial score (nSPS) is 9.98. The molecule has 3 heterocycles. The van der Waals surface area contributed by atoms with E-state index in [0.29, 0.717) is 6.61 Å². The molecule has 0 aliphatic rings. The molecular weight excluding hydrogens is 771 g/mol. The van der Waals surface area contributed by atoms with Crippen molar-refractivity contribution in [3.8, 4) is 39.5 Å². The predicted molar refractivity (Wildman–Crippen MR) is 191 cm³/mol. The maximum Gasteiger partial charge on any atom is 3.00 e. The molecule has 5 nitrogen and oxygen atoms in total. The molecule has 0 fully saturated rings. The molecule has 0 bridgehead atoms. The van der Waals surface area contributed by atoms with Crippen LogP contribution < -0.4 is 4.74 Å². The summed E-state index contributed by atoms with van der Waals surface area (Å²) in [4.78, 5) is 12.8. The molecule has 0 saturated carbocycles. The maximum absolute atomic E-state index is 5.59. The number of hydrogen-bond acceptors (Lipinski definition) is 5. The van der Waals surface area contributed by atoms with Gasteiger partial charge in [-0.2, -0.15) is 0 Å². The summed E-state index contributed by atoms with van der Waals surface area (Å²) < 4.78 is 11.1. The van der Waals surface area contributed by atoms with Crippen molar-refractivity contribution in [2.24, 2.45) is 0 Å². The molecule has 3 aromatic heterocycles. The first-order valence-corrected chi connectivity index (χ1v) is 16.1. The van der Waals surface area contributed by atoms with Gasteiger partial charge in [-0.3, -0.25) is 0 Å². The van der Waals surface area contributed by atoms with Gasteiger partial charge in [-0.25, -0.2) is 0 Å². The van der Waals surface area contributed by atoms with Crippen LogP contribution in [0.15, 0.2) is 128 Å². The van der Waals surface area contributed by atoms with E-state index in [2.05, 4.69) is 66.1 Å². The minimum absolute atomic E-state index is 0. The van der Waals surface area contributed by atoms with Gasteiger partial charge in [0.05, 0.1) is 6.61 Å². The Balaban J connectivity index is 0.000000195. The average molecular weight is 813 g/mol. The van der Waals surface area contributed by atoms with Crippen molar-refractivity contribution < 1.29 is 29.6 Å². The smallest absolute Gasteiger partial charge is 0.537 e. The van der Waals surface area contributed by atoms with Gasteiger partial charge < -0.3 is 24.4 Å². The monoisotopic (exact) mass is 813 g/mol. The minimum atomic E-state index is 0. The number of aryl methyl sites for hydroxylation is 1. The van der Waals surface area contributed by atoms with Crippen LogP contribution in [0.2, 0.25) is 0 Å². The van der Waals surface area contributed by atoms with Crippen molar-refractivity contribution in [3.63, 3.8) is 0 Å². The molecule has 0 radical (unpaired) electrons. The summed E-state index contributed by atoms with van der Waals surface area (Å²) in [5.74, 6) is 0.873. The fraction of sp³-hybridized carbons (Fsp3) is 0.214. The molecule has 0 N–H and O–H groups in total. The molecule has 6 rings (SSSR count). The zero-order valence-corrected chi connectivity index (χ0v) is 30.3. The summed E-state index contributed by atoms with van der Waals surface area (Å²) in [7, 11) is 0. The van der Waals surface area contributed by atoms with Crippen LogP contribution in [0.3, 0.4) is 0 Å². The number of nitrogens with zero attached hydrogens (tertiary/aromatic N) is 3. The molecular formula is C42H42IrN3O2. The molecule has 0 amide bonds. The SMILES string of the molecule is CCCCOc1c[c-]c(-c2ccccn2)cc1.CCCOCc1c[c-]c(-c2ccccn2)cc1.Cc1c[c-]c(-c2ccccn2)cc1.[Ir+3]. The molecule has 0 aliphatic carbocycles. The number of rotatable bonds is 11. The van der Waals surface area contributed by atoms with Gasteiger partial charge in [0, 0.05) is 37.6 Å². The topological polar surface area (TPSA) is 57.1 Å². The van der Waals surface area contributed by atoms with Gasteiger partial charge in [0.25, 0.3) is 0 Å². The molecule has 6 aromatic rings. The molecule has 0 saturated heterocycles. The van der Waals surface area contributed by atoms with Crippen molar-refractivity contribution in [1.82, 2.24) is 15.0 Å². The summed E-state index contributed by atoms with van der Waals surface area (Å²) >= 11 is 0. The third kappa shape index (κ3) is 13.3. The maximum atomic E-state index is 5.59. The van der Waals surface area contributed by atoms with E-state index >= 15 is 0 Å². The number of benzene rings is 3. The Kier molecular flexibility index (Phi) is 17.5. The zero-order valence-electron chi connectivity index (χ0n) is 27.9. The van der Waals surface area contributed by atoms with Crippen LogP contribution in [0.5, 0.6) is 5.75 Å². The quantitative estimate of drug-likeness (QED) is 0.0964. The van der Waals surface area contributed by atoms with Crippen LogP contribution in [-0.2, 0) is 31.4 Å². The van der Waals surface area contributed by atoms with E-state index < -0.39 is 0 Å². The van der Waals surface area contributed by atoms with Gasteiger partial charge in [0.15, 0.2) is 0 Å². The van der Waals surface area contributed by atoms with Gasteiger partial charge in [0.2, 0.25) is 0 Å². The Bertz CT molecular complexity index is 1580. The van der Waals surface area contributed by atoms with Crippen molar-refractivity contribution in [1.29, 1.82) is 0 Å². The number of ether oxygens (including phenoxy) is 2. The molecule has 246 valence electrons. The summed E-state index contributed by atoms with van der Waals surface area (Å²) in [6.07, 6.45) is 8.66. The largest absolute Gasteiger partial charge is 3.00 e. The third-order valence-electron chi connectivity index (χ3n) is 6.84. The van der Waals surface area contributed by atoms with Crippen LogP contribution in [0.25, 0.3) is 33.8 Å². The van der Waals surface area contributed by atoms with Crippen molar-refractivity contribution in [2.75, 3.05) is 13.2 Å². The van der Waals surface area contributed by atoms with E-state index in [1.54, 1.807) is 18.6 Å². The van der Waals surface area contributed by atoms with Crippen LogP contribution in [0, 0.1) is 25.1 Å². The molecule has 0 spiro atoms. The van der Waals surface area contributed by atoms with E-state index in [-0.39, 0.29) is 20.1 Å². The Hall–Kier alpha value is -4.48. The van der Waals surface area contributed by atoms with E-state index in [1.165, 1.54) is 5.56 Å². The van der Waals surface area contributed by atoms with Crippen LogP contribution in [-0.4, -0.2) is 28.2 Å². The molecule has 0 aliphatic heterocycles. The molecule has 3 aromatic carbocycles. The number of pyridine rings is 3.